The molecule has 23 heavy (non-hydrogen) atoms. The van der Waals surface area contributed by atoms with Gasteiger partial charge in [-0.05, 0) is 33.1 Å². The van der Waals surface area contributed by atoms with Gasteiger partial charge in [0.2, 0.25) is 0 Å². The fourth-order valence-corrected chi connectivity index (χ4v) is 2.93. The van der Waals surface area contributed by atoms with Gasteiger partial charge in [-0.15, -0.1) is 24.0 Å². The third kappa shape index (κ3) is 15.4. The minimum Gasteiger partial charge on any atom is -0.356 e. The van der Waals surface area contributed by atoms with E-state index in [0.717, 1.165) is 18.4 Å². The van der Waals surface area contributed by atoms with Gasteiger partial charge >= 0.3 is 0 Å². The molecule has 0 aliphatic rings. The van der Waals surface area contributed by atoms with E-state index in [2.05, 4.69) is 29.5 Å². The lowest BCUT2D eigenvalue weighted by Gasteiger charge is -2.18. The highest BCUT2D eigenvalue weighted by Crippen LogP contribution is 2.10. The molecule has 0 rings (SSSR count). The second kappa shape index (κ2) is 14.5. The molecule has 0 radical (unpaired) electrons. The average Bonchev–Trinajstić information content (AvgIpc) is 2.42. The summed E-state index contributed by atoms with van der Waals surface area (Å²) < 4.78 is 11.8. The summed E-state index contributed by atoms with van der Waals surface area (Å²) in [7, 11) is 0.960. The third-order valence-electron chi connectivity index (χ3n) is 3.49. The Balaban J connectivity index is 0. The van der Waals surface area contributed by atoms with Crippen molar-refractivity contribution < 1.29 is 4.21 Å². The molecule has 0 saturated heterocycles. The van der Waals surface area contributed by atoms with Crippen LogP contribution >= 0.6 is 24.0 Å². The zero-order valence-electron chi connectivity index (χ0n) is 15.9. The molecule has 6 heteroatoms. The highest BCUT2D eigenvalue weighted by Gasteiger charge is 2.18. The van der Waals surface area contributed by atoms with Gasteiger partial charge in [-0.2, -0.15) is 0 Å². The van der Waals surface area contributed by atoms with Gasteiger partial charge in [-0.3, -0.25) is 9.20 Å². The summed E-state index contributed by atoms with van der Waals surface area (Å²) >= 11 is 0. The van der Waals surface area contributed by atoms with Crippen molar-refractivity contribution in [3.05, 3.63) is 0 Å². The first-order valence-corrected chi connectivity index (χ1v) is 9.92. The minimum atomic E-state index is -0.816. The second-order valence-electron chi connectivity index (χ2n) is 7.18. The Morgan fingerprint density at radius 1 is 1.04 bits per heavy atom. The second-order valence-corrected chi connectivity index (χ2v) is 9.51. The molecule has 0 aromatic carbocycles. The van der Waals surface area contributed by atoms with Crippen LogP contribution in [0.5, 0.6) is 0 Å². The number of hydrogen-bond acceptors (Lipinski definition) is 2. The Morgan fingerprint density at radius 3 is 2.13 bits per heavy atom. The van der Waals surface area contributed by atoms with E-state index in [1.54, 1.807) is 7.05 Å². The van der Waals surface area contributed by atoms with E-state index in [-0.39, 0.29) is 28.7 Å². The van der Waals surface area contributed by atoms with Gasteiger partial charge in [0.1, 0.15) is 0 Å². The molecule has 0 amide bonds. The fraction of sp³-hybridized carbons (Fsp3) is 0.941. The van der Waals surface area contributed by atoms with Crippen LogP contribution < -0.4 is 10.6 Å². The molecular weight excluding hydrogens is 421 g/mol. The average molecular weight is 459 g/mol. The molecule has 0 aromatic rings. The van der Waals surface area contributed by atoms with Crippen LogP contribution in [0, 0.1) is 5.92 Å². The van der Waals surface area contributed by atoms with Crippen LogP contribution in [0.25, 0.3) is 0 Å². The molecule has 0 aliphatic heterocycles. The number of hydrogen-bond donors (Lipinski definition) is 2. The van der Waals surface area contributed by atoms with Gasteiger partial charge in [0.15, 0.2) is 5.96 Å². The van der Waals surface area contributed by atoms with Gasteiger partial charge in [0, 0.05) is 41.4 Å². The number of rotatable bonds is 10. The molecule has 0 bridgehead atoms. The van der Waals surface area contributed by atoms with E-state index < -0.39 is 10.8 Å². The Bertz CT molecular complexity index is 341. The van der Waals surface area contributed by atoms with Crippen molar-refractivity contribution in [2.24, 2.45) is 10.9 Å². The SMILES string of the molecule is CN=C(NCCCCCCC(C)C)NCCS(=O)C(C)(C)C.I. The quantitative estimate of drug-likeness (QED) is 0.225. The monoisotopic (exact) mass is 459 g/mol. The van der Waals surface area contributed by atoms with Gasteiger partial charge in [-0.25, -0.2) is 0 Å². The summed E-state index contributed by atoms with van der Waals surface area (Å²) in [4.78, 5) is 4.20. The first-order chi connectivity index (χ1) is 10.3. The van der Waals surface area contributed by atoms with Crippen LogP contribution in [0.3, 0.4) is 0 Å². The molecule has 0 fully saturated rings. The Hall–Kier alpha value is 0.150. The zero-order chi connectivity index (χ0) is 17.0. The van der Waals surface area contributed by atoms with Crippen molar-refractivity contribution in [3.8, 4) is 0 Å². The lowest BCUT2D eigenvalue weighted by Crippen LogP contribution is -2.40. The van der Waals surface area contributed by atoms with Gasteiger partial charge in [0.25, 0.3) is 0 Å². The van der Waals surface area contributed by atoms with Crippen LogP contribution in [0.1, 0.15) is 66.7 Å². The molecular formula is C17H38IN3OS. The van der Waals surface area contributed by atoms with E-state index in [1.165, 1.54) is 32.1 Å². The predicted molar refractivity (Wildman–Crippen MR) is 115 cm³/mol. The van der Waals surface area contributed by atoms with Crippen LogP contribution in [-0.2, 0) is 10.8 Å². The molecule has 0 heterocycles. The smallest absolute Gasteiger partial charge is 0.191 e. The largest absolute Gasteiger partial charge is 0.356 e. The van der Waals surface area contributed by atoms with Crippen molar-refractivity contribution in [2.45, 2.75) is 71.5 Å². The summed E-state index contributed by atoms with van der Waals surface area (Å²) in [5.74, 6) is 2.28. The number of unbranched alkanes of at least 4 members (excludes halogenated alkanes) is 3. The van der Waals surface area contributed by atoms with Crippen LogP contribution in [0.2, 0.25) is 0 Å². The van der Waals surface area contributed by atoms with E-state index in [4.69, 9.17) is 0 Å². The van der Waals surface area contributed by atoms with Crippen molar-refractivity contribution in [2.75, 3.05) is 25.9 Å². The number of guanidine groups is 1. The van der Waals surface area contributed by atoms with Gasteiger partial charge in [-0.1, -0.05) is 39.5 Å². The molecule has 0 saturated carbocycles. The molecule has 0 aliphatic carbocycles. The Morgan fingerprint density at radius 2 is 1.61 bits per heavy atom. The first-order valence-electron chi connectivity index (χ1n) is 8.60. The van der Waals surface area contributed by atoms with Crippen LogP contribution in [-0.4, -0.2) is 40.8 Å². The van der Waals surface area contributed by atoms with Crippen molar-refractivity contribution in [3.63, 3.8) is 0 Å². The third-order valence-corrected chi connectivity index (χ3v) is 5.43. The highest BCUT2D eigenvalue weighted by atomic mass is 127. The maximum atomic E-state index is 12.0. The number of aliphatic imine (C=N–C) groups is 1. The van der Waals surface area contributed by atoms with E-state index in [9.17, 15) is 4.21 Å². The molecule has 140 valence electrons. The maximum absolute atomic E-state index is 12.0. The predicted octanol–water partition coefficient (Wildman–Crippen LogP) is 3.92. The molecule has 0 aromatic heterocycles. The molecule has 1 unspecified atom stereocenters. The summed E-state index contributed by atoms with van der Waals surface area (Å²) in [6.45, 7) is 12.2. The molecule has 0 spiro atoms. The lowest BCUT2D eigenvalue weighted by molar-refractivity contribution is 0.518. The fourth-order valence-electron chi connectivity index (χ4n) is 2.03. The van der Waals surface area contributed by atoms with Crippen molar-refractivity contribution in [1.82, 2.24) is 10.6 Å². The van der Waals surface area contributed by atoms with Gasteiger partial charge < -0.3 is 10.6 Å². The summed E-state index contributed by atoms with van der Waals surface area (Å²) in [6, 6.07) is 0. The van der Waals surface area contributed by atoms with E-state index in [1.807, 2.05) is 20.8 Å². The highest BCUT2D eigenvalue weighted by molar-refractivity contribution is 14.0. The first kappa shape index (κ1) is 25.4. The maximum Gasteiger partial charge on any atom is 0.191 e. The Kier molecular flexibility index (Phi) is 16.0. The number of nitrogens with one attached hydrogen (secondary N) is 2. The normalized spacial score (nSPS) is 13.6. The molecule has 1 atom stereocenters. The number of halogens is 1. The van der Waals surface area contributed by atoms with E-state index in [0.29, 0.717) is 12.3 Å². The topological polar surface area (TPSA) is 53.5 Å². The minimum absolute atomic E-state index is 0. The summed E-state index contributed by atoms with van der Waals surface area (Å²) in [5, 5.41) is 6.56. The zero-order valence-corrected chi connectivity index (χ0v) is 19.1. The summed E-state index contributed by atoms with van der Waals surface area (Å²) in [5.41, 5.74) is 0. The van der Waals surface area contributed by atoms with Crippen molar-refractivity contribution >= 4 is 40.7 Å². The summed E-state index contributed by atoms with van der Waals surface area (Å²) in [6.07, 6.45) is 6.43. The molecule has 2 N–H and O–H groups in total. The lowest BCUT2D eigenvalue weighted by atomic mass is 10.0. The standard InChI is InChI=1S/C17H37N3OS.HI/c1-15(2)11-9-7-8-10-12-19-16(18-6)20-13-14-22(21)17(3,4)5;/h15H,7-14H2,1-6H3,(H2,18,19,20);1H. The van der Waals surface area contributed by atoms with Gasteiger partial charge in [0.05, 0.1) is 0 Å². The number of nitrogens with zero attached hydrogens (tertiary/aromatic N) is 1. The van der Waals surface area contributed by atoms with Crippen LogP contribution in [0.4, 0.5) is 0 Å². The molecule has 4 nitrogen and oxygen atoms in total. The van der Waals surface area contributed by atoms with E-state index >= 15 is 0 Å². The van der Waals surface area contributed by atoms with Crippen LogP contribution in [0.15, 0.2) is 4.99 Å². The van der Waals surface area contributed by atoms with Crippen molar-refractivity contribution in [1.29, 1.82) is 0 Å². The Labute approximate surface area is 163 Å².